The van der Waals surface area contributed by atoms with Crippen LogP contribution in [0.5, 0.6) is 0 Å². The van der Waals surface area contributed by atoms with Gasteiger partial charge in [-0.15, -0.1) is 0 Å². The molecule has 17 heavy (non-hydrogen) atoms. The molecule has 0 amide bonds. The number of rotatable bonds is 2. The van der Waals surface area contributed by atoms with Crippen LogP contribution in [-0.2, 0) is 0 Å². The highest BCUT2D eigenvalue weighted by molar-refractivity contribution is 5.58. The van der Waals surface area contributed by atoms with Crippen LogP contribution in [0.4, 0.5) is 11.6 Å². The monoisotopic (exact) mass is 237 g/mol. The molecule has 1 saturated heterocycles. The van der Waals surface area contributed by atoms with Crippen LogP contribution in [0.25, 0.3) is 0 Å². The molecule has 1 aliphatic heterocycles. The van der Waals surface area contributed by atoms with E-state index in [4.69, 9.17) is 5.84 Å². The van der Waals surface area contributed by atoms with Gasteiger partial charge in [-0.1, -0.05) is 0 Å². The fraction of sp³-hybridized carbons (Fsp3) is 0.636. The van der Waals surface area contributed by atoms with E-state index >= 15 is 0 Å². The summed E-state index contributed by atoms with van der Waals surface area (Å²) >= 11 is 0. The van der Waals surface area contributed by atoms with Gasteiger partial charge in [0.05, 0.1) is 6.10 Å². The van der Waals surface area contributed by atoms with Crippen molar-refractivity contribution in [3.05, 3.63) is 11.4 Å². The topological polar surface area (TPSA) is 87.3 Å². The molecule has 0 radical (unpaired) electrons. The Morgan fingerprint density at radius 2 is 1.94 bits per heavy atom. The average molecular weight is 237 g/mol. The molecular weight excluding hydrogens is 218 g/mol. The standard InChI is InChI=1S/C11H19N5O/c1-7-10(15-12)13-8(2)14-11(7)16-5-3-9(17)4-6-16/h9,17H,3-6,12H2,1-2H3,(H,13,14,15). The van der Waals surface area contributed by atoms with E-state index in [1.165, 1.54) is 0 Å². The molecule has 0 bridgehead atoms. The molecule has 6 heteroatoms. The lowest BCUT2D eigenvalue weighted by molar-refractivity contribution is 0.145. The number of nitrogens with one attached hydrogen (secondary N) is 1. The zero-order valence-corrected chi connectivity index (χ0v) is 10.3. The van der Waals surface area contributed by atoms with Crippen LogP contribution in [0.15, 0.2) is 0 Å². The summed E-state index contributed by atoms with van der Waals surface area (Å²) in [4.78, 5) is 10.9. The van der Waals surface area contributed by atoms with E-state index in [-0.39, 0.29) is 6.10 Å². The molecule has 0 aromatic carbocycles. The third-order valence-electron chi connectivity index (χ3n) is 3.13. The van der Waals surface area contributed by atoms with Crippen molar-refractivity contribution in [1.29, 1.82) is 0 Å². The Balaban J connectivity index is 2.28. The number of nitrogens with two attached hydrogens (primary N) is 1. The number of hydrogen-bond donors (Lipinski definition) is 3. The Kier molecular flexibility index (Phi) is 3.44. The van der Waals surface area contributed by atoms with Crippen molar-refractivity contribution in [2.45, 2.75) is 32.8 Å². The number of anilines is 2. The fourth-order valence-electron chi connectivity index (χ4n) is 2.14. The molecule has 0 unspecified atom stereocenters. The summed E-state index contributed by atoms with van der Waals surface area (Å²) in [5, 5.41) is 9.51. The number of hydrazine groups is 1. The molecule has 0 saturated carbocycles. The van der Waals surface area contributed by atoms with Gasteiger partial charge in [0.25, 0.3) is 0 Å². The first-order valence-electron chi connectivity index (χ1n) is 5.86. The predicted molar refractivity (Wildman–Crippen MR) is 66.8 cm³/mol. The fourth-order valence-corrected chi connectivity index (χ4v) is 2.14. The van der Waals surface area contributed by atoms with Crippen molar-refractivity contribution < 1.29 is 5.11 Å². The number of hydrogen-bond acceptors (Lipinski definition) is 6. The number of piperidine rings is 1. The van der Waals surface area contributed by atoms with Gasteiger partial charge < -0.3 is 15.4 Å². The molecule has 1 aromatic heterocycles. The lowest BCUT2D eigenvalue weighted by atomic mass is 10.1. The quantitative estimate of drug-likeness (QED) is 0.508. The Labute approximate surface area is 101 Å². The molecule has 0 atom stereocenters. The van der Waals surface area contributed by atoms with Crippen LogP contribution in [-0.4, -0.2) is 34.3 Å². The number of nitrogen functional groups attached to an aromatic ring is 1. The van der Waals surface area contributed by atoms with Crippen LogP contribution >= 0.6 is 0 Å². The minimum absolute atomic E-state index is 0.179. The van der Waals surface area contributed by atoms with Crippen LogP contribution < -0.4 is 16.2 Å². The molecule has 6 nitrogen and oxygen atoms in total. The van der Waals surface area contributed by atoms with Gasteiger partial charge in [0, 0.05) is 18.7 Å². The van der Waals surface area contributed by atoms with Gasteiger partial charge in [-0.05, 0) is 26.7 Å². The highest BCUT2D eigenvalue weighted by Crippen LogP contribution is 2.25. The average Bonchev–Trinajstić information content (AvgIpc) is 2.33. The summed E-state index contributed by atoms with van der Waals surface area (Å²) in [6.07, 6.45) is 1.39. The van der Waals surface area contributed by atoms with Crippen LogP contribution in [0.2, 0.25) is 0 Å². The van der Waals surface area contributed by atoms with Gasteiger partial charge in [0.2, 0.25) is 0 Å². The number of aromatic nitrogens is 2. The van der Waals surface area contributed by atoms with E-state index in [1.807, 2.05) is 13.8 Å². The van der Waals surface area contributed by atoms with Crippen molar-refractivity contribution in [2.24, 2.45) is 5.84 Å². The summed E-state index contributed by atoms with van der Waals surface area (Å²) in [5.41, 5.74) is 3.55. The van der Waals surface area contributed by atoms with Crippen LogP contribution in [0.1, 0.15) is 24.2 Å². The van der Waals surface area contributed by atoms with E-state index in [9.17, 15) is 5.11 Å². The third-order valence-corrected chi connectivity index (χ3v) is 3.13. The molecule has 4 N–H and O–H groups in total. The second-order valence-electron chi connectivity index (χ2n) is 4.43. The van der Waals surface area contributed by atoms with Crippen molar-refractivity contribution in [3.8, 4) is 0 Å². The summed E-state index contributed by atoms with van der Waals surface area (Å²) < 4.78 is 0. The van der Waals surface area contributed by atoms with Crippen molar-refractivity contribution in [2.75, 3.05) is 23.4 Å². The SMILES string of the molecule is Cc1nc(NN)c(C)c(N2CCC(O)CC2)n1. The van der Waals surface area contributed by atoms with Crippen molar-refractivity contribution >= 4 is 11.6 Å². The molecular formula is C11H19N5O. The second kappa shape index (κ2) is 4.85. The minimum atomic E-state index is -0.179. The van der Waals surface area contributed by atoms with Gasteiger partial charge in [0.15, 0.2) is 0 Å². The van der Waals surface area contributed by atoms with E-state index < -0.39 is 0 Å². The molecule has 0 spiro atoms. The van der Waals surface area contributed by atoms with Gasteiger partial charge in [-0.3, -0.25) is 0 Å². The van der Waals surface area contributed by atoms with Gasteiger partial charge in [-0.25, -0.2) is 15.8 Å². The Morgan fingerprint density at radius 1 is 1.29 bits per heavy atom. The van der Waals surface area contributed by atoms with E-state index in [0.29, 0.717) is 11.6 Å². The lowest BCUT2D eigenvalue weighted by Crippen LogP contribution is -2.37. The van der Waals surface area contributed by atoms with Crippen LogP contribution in [0, 0.1) is 13.8 Å². The molecule has 1 aromatic rings. The first kappa shape index (κ1) is 12.1. The zero-order valence-electron chi connectivity index (χ0n) is 10.3. The summed E-state index contributed by atoms with van der Waals surface area (Å²) in [6, 6.07) is 0. The van der Waals surface area contributed by atoms with E-state index in [0.717, 1.165) is 37.3 Å². The second-order valence-corrected chi connectivity index (χ2v) is 4.43. The predicted octanol–water partition coefficient (Wildman–Crippen LogP) is 0.340. The summed E-state index contributed by atoms with van der Waals surface area (Å²) in [5.74, 6) is 7.72. The van der Waals surface area contributed by atoms with Crippen molar-refractivity contribution in [1.82, 2.24) is 9.97 Å². The molecule has 0 aliphatic carbocycles. The maximum Gasteiger partial charge on any atom is 0.148 e. The maximum atomic E-state index is 9.51. The van der Waals surface area contributed by atoms with Crippen molar-refractivity contribution in [3.63, 3.8) is 0 Å². The third kappa shape index (κ3) is 2.48. The highest BCUT2D eigenvalue weighted by atomic mass is 16.3. The molecule has 1 aliphatic rings. The molecule has 2 heterocycles. The van der Waals surface area contributed by atoms with Crippen LogP contribution in [0.3, 0.4) is 0 Å². The zero-order chi connectivity index (χ0) is 12.4. The molecule has 1 fully saturated rings. The number of aryl methyl sites for hydroxylation is 1. The van der Waals surface area contributed by atoms with Gasteiger partial charge >= 0.3 is 0 Å². The number of aliphatic hydroxyl groups is 1. The maximum absolute atomic E-state index is 9.51. The molecule has 2 rings (SSSR count). The van der Waals surface area contributed by atoms with E-state index in [1.54, 1.807) is 0 Å². The van der Waals surface area contributed by atoms with Gasteiger partial charge in [-0.2, -0.15) is 0 Å². The number of aliphatic hydroxyl groups excluding tert-OH is 1. The lowest BCUT2D eigenvalue weighted by Gasteiger charge is -2.31. The summed E-state index contributed by atoms with van der Waals surface area (Å²) in [6.45, 7) is 5.45. The normalized spacial score (nSPS) is 17.3. The highest BCUT2D eigenvalue weighted by Gasteiger charge is 2.21. The van der Waals surface area contributed by atoms with Gasteiger partial charge in [0.1, 0.15) is 17.5 Å². The number of nitrogens with zero attached hydrogens (tertiary/aromatic N) is 3. The Hall–Kier alpha value is -1.40. The smallest absolute Gasteiger partial charge is 0.148 e. The largest absolute Gasteiger partial charge is 0.393 e. The minimum Gasteiger partial charge on any atom is -0.393 e. The first-order valence-corrected chi connectivity index (χ1v) is 5.86. The first-order chi connectivity index (χ1) is 8.11. The van der Waals surface area contributed by atoms with E-state index in [2.05, 4.69) is 20.3 Å². The Bertz CT molecular complexity index is 401. The Morgan fingerprint density at radius 3 is 2.53 bits per heavy atom. The molecule has 94 valence electrons. The summed E-state index contributed by atoms with van der Waals surface area (Å²) in [7, 11) is 0.